The molecule has 106 valence electrons. The molecule has 0 amide bonds. The van der Waals surface area contributed by atoms with Crippen molar-refractivity contribution in [2.45, 2.75) is 9.79 Å². The van der Waals surface area contributed by atoms with E-state index in [0.717, 1.165) is 15.7 Å². The number of aromatic hydroxyl groups is 1. The van der Waals surface area contributed by atoms with Gasteiger partial charge in [-0.25, -0.2) is 0 Å². The van der Waals surface area contributed by atoms with Gasteiger partial charge in [-0.2, -0.15) is 0 Å². The maximum Gasteiger partial charge on any atom is 0.123 e. The van der Waals surface area contributed by atoms with Gasteiger partial charge >= 0.3 is 0 Å². The van der Waals surface area contributed by atoms with E-state index in [-0.39, 0.29) is 0 Å². The highest BCUT2D eigenvalue weighted by Crippen LogP contribution is 2.38. The van der Waals surface area contributed by atoms with Gasteiger partial charge in [-0.15, -0.1) is 0 Å². The predicted molar refractivity (Wildman–Crippen MR) is 93.7 cm³/mol. The third kappa shape index (κ3) is 2.22. The van der Waals surface area contributed by atoms with Crippen molar-refractivity contribution in [3.8, 4) is 5.75 Å². The number of benzene rings is 4. The summed E-state index contributed by atoms with van der Waals surface area (Å²) in [6, 6.07) is 26.5. The fourth-order valence-corrected chi connectivity index (χ4v) is 3.87. The van der Waals surface area contributed by atoms with Crippen molar-refractivity contribution in [2.24, 2.45) is 0 Å². The summed E-state index contributed by atoms with van der Waals surface area (Å²) >= 11 is 1.74. The number of phenolic OH excluding ortho intramolecular Hbond substituents is 1. The van der Waals surface area contributed by atoms with Crippen LogP contribution in [-0.4, -0.2) is 5.11 Å². The summed E-state index contributed by atoms with van der Waals surface area (Å²) in [6.45, 7) is 0. The highest BCUT2D eigenvalue weighted by atomic mass is 32.2. The average Bonchev–Trinajstić information content (AvgIpc) is 2.56. The zero-order valence-corrected chi connectivity index (χ0v) is 12.7. The normalized spacial score (nSPS) is 11.1. The Morgan fingerprint density at radius 1 is 0.545 bits per heavy atom. The number of hydrogen-bond acceptors (Lipinski definition) is 2. The average molecular weight is 302 g/mol. The highest BCUT2D eigenvalue weighted by molar-refractivity contribution is 7.99. The topological polar surface area (TPSA) is 20.2 Å². The summed E-state index contributed by atoms with van der Waals surface area (Å²) in [5.74, 6) is 0.331. The molecule has 1 nitrogen and oxygen atoms in total. The number of fused-ring (bicyclic) bond motifs is 2. The molecule has 4 aromatic rings. The van der Waals surface area contributed by atoms with E-state index in [1.165, 1.54) is 15.7 Å². The first kappa shape index (κ1) is 13.2. The van der Waals surface area contributed by atoms with E-state index in [1.54, 1.807) is 17.8 Å². The fraction of sp³-hybridized carbons (Fsp3) is 0. The Bertz CT molecular complexity index is 970. The van der Waals surface area contributed by atoms with Crippen LogP contribution in [0.3, 0.4) is 0 Å². The largest absolute Gasteiger partial charge is 0.507 e. The maximum atomic E-state index is 10.0. The van der Waals surface area contributed by atoms with Gasteiger partial charge in [0.1, 0.15) is 5.75 Å². The van der Waals surface area contributed by atoms with Crippen LogP contribution in [0.25, 0.3) is 21.5 Å². The lowest BCUT2D eigenvalue weighted by atomic mass is 10.1. The van der Waals surface area contributed by atoms with Gasteiger partial charge in [0, 0.05) is 15.2 Å². The maximum absolute atomic E-state index is 10.0. The Balaban J connectivity index is 1.88. The molecule has 0 aliphatic heterocycles. The minimum Gasteiger partial charge on any atom is -0.507 e. The van der Waals surface area contributed by atoms with Crippen molar-refractivity contribution in [3.05, 3.63) is 78.9 Å². The SMILES string of the molecule is Oc1cccc2c(Sc3cccc4ccccc34)cccc12. The lowest BCUT2D eigenvalue weighted by molar-refractivity contribution is 0.481. The zero-order valence-electron chi connectivity index (χ0n) is 11.9. The van der Waals surface area contributed by atoms with Crippen molar-refractivity contribution < 1.29 is 5.11 Å². The van der Waals surface area contributed by atoms with Gasteiger partial charge in [0.25, 0.3) is 0 Å². The second-order valence-corrected chi connectivity index (χ2v) is 6.29. The van der Waals surface area contributed by atoms with Gasteiger partial charge in [-0.3, -0.25) is 0 Å². The smallest absolute Gasteiger partial charge is 0.123 e. The van der Waals surface area contributed by atoms with E-state index in [4.69, 9.17) is 0 Å². The third-order valence-corrected chi connectivity index (χ3v) is 4.98. The minimum absolute atomic E-state index is 0.331. The predicted octanol–water partition coefficient (Wildman–Crippen LogP) is 5.85. The lowest BCUT2D eigenvalue weighted by Crippen LogP contribution is -1.81. The van der Waals surface area contributed by atoms with Crippen molar-refractivity contribution in [1.29, 1.82) is 0 Å². The Labute approximate surface area is 133 Å². The molecule has 0 fully saturated rings. The van der Waals surface area contributed by atoms with E-state index >= 15 is 0 Å². The Morgan fingerprint density at radius 2 is 1.14 bits per heavy atom. The molecule has 0 heterocycles. The van der Waals surface area contributed by atoms with Crippen molar-refractivity contribution >= 4 is 33.3 Å². The third-order valence-electron chi connectivity index (χ3n) is 3.83. The van der Waals surface area contributed by atoms with E-state index in [2.05, 4.69) is 54.6 Å². The van der Waals surface area contributed by atoms with Gasteiger partial charge in [0.15, 0.2) is 0 Å². The van der Waals surface area contributed by atoms with Crippen LogP contribution >= 0.6 is 11.8 Å². The minimum atomic E-state index is 0.331. The van der Waals surface area contributed by atoms with Crippen LogP contribution in [0.2, 0.25) is 0 Å². The monoisotopic (exact) mass is 302 g/mol. The molecule has 0 radical (unpaired) electrons. The fourth-order valence-electron chi connectivity index (χ4n) is 2.76. The van der Waals surface area contributed by atoms with Gasteiger partial charge in [0.2, 0.25) is 0 Å². The second kappa shape index (κ2) is 5.39. The Morgan fingerprint density at radius 3 is 2.05 bits per heavy atom. The first-order valence-corrected chi connectivity index (χ1v) is 8.01. The molecule has 0 unspecified atom stereocenters. The number of phenols is 1. The second-order valence-electron chi connectivity index (χ2n) is 5.21. The first-order chi connectivity index (χ1) is 10.8. The van der Waals surface area contributed by atoms with Crippen LogP contribution in [0.15, 0.2) is 88.7 Å². The molecule has 0 atom stereocenters. The van der Waals surface area contributed by atoms with Crippen LogP contribution in [0.5, 0.6) is 5.75 Å². The van der Waals surface area contributed by atoms with E-state index < -0.39 is 0 Å². The molecule has 4 aromatic carbocycles. The van der Waals surface area contributed by atoms with Crippen LogP contribution in [0.1, 0.15) is 0 Å². The molecule has 0 saturated carbocycles. The molecule has 2 heteroatoms. The van der Waals surface area contributed by atoms with E-state index in [1.807, 2.05) is 18.2 Å². The quantitative estimate of drug-likeness (QED) is 0.501. The molecule has 0 saturated heterocycles. The van der Waals surface area contributed by atoms with Crippen LogP contribution in [0, 0.1) is 0 Å². The Hall–Kier alpha value is -2.45. The van der Waals surface area contributed by atoms with Crippen molar-refractivity contribution in [2.75, 3.05) is 0 Å². The number of hydrogen-bond donors (Lipinski definition) is 1. The molecule has 0 aliphatic rings. The molecule has 4 rings (SSSR count). The number of rotatable bonds is 2. The van der Waals surface area contributed by atoms with Gasteiger partial charge in [-0.1, -0.05) is 72.4 Å². The van der Waals surface area contributed by atoms with Crippen LogP contribution in [-0.2, 0) is 0 Å². The van der Waals surface area contributed by atoms with Gasteiger partial charge in [-0.05, 0) is 34.4 Å². The summed E-state index contributed by atoms with van der Waals surface area (Å²) in [7, 11) is 0. The van der Waals surface area contributed by atoms with Crippen molar-refractivity contribution in [3.63, 3.8) is 0 Å². The molecular formula is C20H14OS. The zero-order chi connectivity index (χ0) is 14.9. The van der Waals surface area contributed by atoms with E-state index in [9.17, 15) is 5.11 Å². The van der Waals surface area contributed by atoms with Gasteiger partial charge < -0.3 is 5.11 Å². The molecule has 1 N–H and O–H groups in total. The van der Waals surface area contributed by atoms with Gasteiger partial charge in [0.05, 0.1) is 0 Å². The van der Waals surface area contributed by atoms with Crippen LogP contribution in [0.4, 0.5) is 0 Å². The summed E-state index contributed by atoms with van der Waals surface area (Å²) in [5.41, 5.74) is 0. The highest BCUT2D eigenvalue weighted by Gasteiger charge is 2.07. The summed E-state index contributed by atoms with van der Waals surface area (Å²) in [6.07, 6.45) is 0. The molecule has 0 aliphatic carbocycles. The lowest BCUT2D eigenvalue weighted by Gasteiger charge is -2.09. The first-order valence-electron chi connectivity index (χ1n) is 7.19. The molecule has 0 bridgehead atoms. The summed E-state index contributed by atoms with van der Waals surface area (Å²) in [4.78, 5) is 2.39. The molecule has 0 aromatic heterocycles. The van der Waals surface area contributed by atoms with E-state index in [0.29, 0.717) is 5.75 Å². The molecule has 22 heavy (non-hydrogen) atoms. The van der Waals surface area contributed by atoms with Crippen molar-refractivity contribution in [1.82, 2.24) is 0 Å². The standard InChI is InChI=1S/C20H14OS/c21-18-11-4-10-17-16(18)9-5-13-20(17)22-19-12-3-7-14-6-1-2-8-15(14)19/h1-13,21H. The molecule has 0 spiro atoms. The Kier molecular flexibility index (Phi) is 3.24. The summed E-state index contributed by atoms with van der Waals surface area (Å²) in [5, 5.41) is 14.5. The summed E-state index contributed by atoms with van der Waals surface area (Å²) < 4.78 is 0. The molecular weight excluding hydrogens is 288 g/mol. The van der Waals surface area contributed by atoms with Crippen LogP contribution < -0.4 is 0 Å².